The van der Waals surface area contributed by atoms with E-state index >= 15 is 0 Å². The standard InChI is InChI=1S/C23H28N2O3/c1-17(21(26)24-19-11-13-20(14-12-19)25(2)3)28-22(27)23(15-7-8-16-23)18-9-5-4-6-10-18/h4-6,9-14,17H,7-8,15-16H2,1-3H3,(H,24,26)/t17-/m1/s1. The molecule has 1 amide bonds. The molecule has 1 fully saturated rings. The zero-order valence-electron chi connectivity index (χ0n) is 16.8. The molecule has 28 heavy (non-hydrogen) atoms. The predicted molar refractivity (Wildman–Crippen MR) is 112 cm³/mol. The third-order valence-corrected chi connectivity index (χ3v) is 5.48. The molecule has 0 heterocycles. The Bertz CT molecular complexity index is 810. The van der Waals surface area contributed by atoms with E-state index in [2.05, 4.69) is 5.32 Å². The Hall–Kier alpha value is -2.82. The molecule has 0 radical (unpaired) electrons. The van der Waals surface area contributed by atoms with E-state index < -0.39 is 11.5 Å². The molecule has 5 nitrogen and oxygen atoms in total. The Morgan fingerprint density at radius 2 is 1.61 bits per heavy atom. The highest BCUT2D eigenvalue weighted by atomic mass is 16.5. The van der Waals surface area contributed by atoms with Gasteiger partial charge in [0.1, 0.15) is 0 Å². The lowest BCUT2D eigenvalue weighted by Gasteiger charge is -2.28. The molecular formula is C23H28N2O3. The summed E-state index contributed by atoms with van der Waals surface area (Å²) in [6.07, 6.45) is 2.64. The minimum atomic E-state index is -0.859. The van der Waals surface area contributed by atoms with E-state index in [1.54, 1.807) is 6.92 Å². The number of nitrogens with one attached hydrogen (secondary N) is 1. The Morgan fingerprint density at radius 3 is 2.18 bits per heavy atom. The van der Waals surface area contributed by atoms with Crippen molar-refractivity contribution in [2.24, 2.45) is 0 Å². The van der Waals surface area contributed by atoms with Crippen molar-refractivity contribution in [3.63, 3.8) is 0 Å². The molecule has 3 rings (SSSR count). The summed E-state index contributed by atoms with van der Waals surface area (Å²) in [7, 11) is 3.92. The molecule has 2 aromatic carbocycles. The lowest BCUT2D eigenvalue weighted by Crippen LogP contribution is -2.39. The van der Waals surface area contributed by atoms with Gasteiger partial charge in [-0.25, -0.2) is 0 Å². The highest BCUT2D eigenvalue weighted by Gasteiger charge is 2.45. The third kappa shape index (κ3) is 4.19. The lowest BCUT2D eigenvalue weighted by molar-refractivity contribution is -0.159. The van der Waals surface area contributed by atoms with Crippen LogP contribution >= 0.6 is 0 Å². The Morgan fingerprint density at radius 1 is 1.00 bits per heavy atom. The number of benzene rings is 2. The summed E-state index contributed by atoms with van der Waals surface area (Å²) >= 11 is 0. The average molecular weight is 380 g/mol. The third-order valence-electron chi connectivity index (χ3n) is 5.48. The number of rotatable bonds is 6. The van der Waals surface area contributed by atoms with Crippen molar-refractivity contribution in [1.82, 2.24) is 0 Å². The summed E-state index contributed by atoms with van der Waals surface area (Å²) in [5.74, 6) is -0.631. The number of esters is 1. The second kappa shape index (κ2) is 8.46. The Kier molecular flexibility index (Phi) is 6.02. The fourth-order valence-corrected chi connectivity index (χ4v) is 3.76. The number of nitrogens with zero attached hydrogens (tertiary/aromatic N) is 1. The SMILES string of the molecule is C[C@@H](OC(=O)C1(c2ccccc2)CCCC1)C(=O)Nc1ccc(N(C)C)cc1. The molecule has 0 saturated heterocycles. The van der Waals surface area contributed by atoms with E-state index in [9.17, 15) is 9.59 Å². The molecule has 1 saturated carbocycles. The van der Waals surface area contributed by atoms with Crippen LogP contribution in [0.4, 0.5) is 11.4 Å². The van der Waals surface area contributed by atoms with Gasteiger partial charge in [-0.05, 0) is 49.6 Å². The van der Waals surface area contributed by atoms with Crippen molar-refractivity contribution in [1.29, 1.82) is 0 Å². The largest absolute Gasteiger partial charge is 0.452 e. The summed E-state index contributed by atoms with van der Waals surface area (Å²) in [5, 5.41) is 2.82. The van der Waals surface area contributed by atoms with E-state index in [1.807, 2.05) is 73.6 Å². The van der Waals surface area contributed by atoms with Gasteiger partial charge < -0.3 is 15.0 Å². The molecule has 1 aliphatic carbocycles. The first-order valence-corrected chi connectivity index (χ1v) is 9.77. The quantitative estimate of drug-likeness (QED) is 0.766. The van der Waals surface area contributed by atoms with Crippen molar-refractivity contribution in [2.45, 2.75) is 44.1 Å². The molecule has 0 bridgehead atoms. The summed E-state index contributed by atoms with van der Waals surface area (Å²) in [6.45, 7) is 1.62. The monoisotopic (exact) mass is 380 g/mol. The van der Waals surface area contributed by atoms with Crippen LogP contribution in [-0.4, -0.2) is 32.1 Å². The van der Waals surface area contributed by atoms with Gasteiger partial charge >= 0.3 is 5.97 Å². The van der Waals surface area contributed by atoms with Gasteiger partial charge in [-0.1, -0.05) is 43.2 Å². The molecule has 0 unspecified atom stereocenters. The van der Waals surface area contributed by atoms with E-state index in [0.29, 0.717) is 5.69 Å². The van der Waals surface area contributed by atoms with E-state index in [4.69, 9.17) is 4.74 Å². The highest BCUT2D eigenvalue weighted by Crippen LogP contribution is 2.42. The van der Waals surface area contributed by atoms with Gasteiger partial charge in [-0.2, -0.15) is 0 Å². The van der Waals surface area contributed by atoms with Gasteiger partial charge in [-0.15, -0.1) is 0 Å². The maximum atomic E-state index is 13.0. The molecule has 0 aromatic heterocycles. The van der Waals surface area contributed by atoms with Crippen LogP contribution in [0.1, 0.15) is 38.2 Å². The van der Waals surface area contributed by atoms with Gasteiger partial charge in [-0.3, -0.25) is 9.59 Å². The molecule has 2 aromatic rings. The Labute approximate surface area is 166 Å². The smallest absolute Gasteiger partial charge is 0.317 e. The number of anilines is 2. The first kappa shape index (κ1) is 19.9. The fraction of sp³-hybridized carbons (Fsp3) is 0.391. The van der Waals surface area contributed by atoms with Crippen LogP contribution in [0.25, 0.3) is 0 Å². The predicted octanol–water partition coefficient (Wildman–Crippen LogP) is 4.13. The van der Waals surface area contributed by atoms with Crippen LogP contribution in [0, 0.1) is 0 Å². The number of carbonyl (C=O) groups is 2. The van der Waals surface area contributed by atoms with Crippen LogP contribution in [0.3, 0.4) is 0 Å². The second-order valence-corrected chi connectivity index (χ2v) is 7.63. The molecule has 1 N–H and O–H groups in total. The summed E-state index contributed by atoms with van der Waals surface area (Å²) in [5.41, 5.74) is 2.06. The Balaban J connectivity index is 1.66. The van der Waals surface area contributed by atoms with Crippen LogP contribution in [-0.2, 0) is 19.7 Å². The van der Waals surface area contributed by atoms with Crippen molar-refractivity contribution in [3.05, 3.63) is 60.2 Å². The summed E-state index contributed by atoms with van der Waals surface area (Å²) < 4.78 is 5.63. The molecule has 5 heteroatoms. The molecular weight excluding hydrogens is 352 g/mol. The number of hydrogen-bond donors (Lipinski definition) is 1. The van der Waals surface area contributed by atoms with Crippen LogP contribution in [0.2, 0.25) is 0 Å². The molecule has 148 valence electrons. The van der Waals surface area contributed by atoms with Gasteiger partial charge in [0.2, 0.25) is 0 Å². The molecule has 1 atom stereocenters. The van der Waals surface area contributed by atoms with Gasteiger partial charge in [0.15, 0.2) is 6.10 Å². The second-order valence-electron chi connectivity index (χ2n) is 7.63. The zero-order valence-corrected chi connectivity index (χ0v) is 16.8. The number of amides is 1. The van der Waals surface area contributed by atoms with Crippen LogP contribution in [0.15, 0.2) is 54.6 Å². The minimum absolute atomic E-state index is 0.304. The maximum absolute atomic E-state index is 13.0. The van der Waals surface area contributed by atoms with Crippen molar-refractivity contribution in [3.8, 4) is 0 Å². The summed E-state index contributed by atoms with van der Waals surface area (Å²) in [4.78, 5) is 27.6. The number of ether oxygens (including phenoxy) is 1. The van der Waals surface area contributed by atoms with E-state index in [-0.39, 0.29) is 11.9 Å². The lowest BCUT2D eigenvalue weighted by atomic mass is 9.79. The normalized spacial score (nSPS) is 16.2. The molecule has 0 spiro atoms. The highest BCUT2D eigenvalue weighted by molar-refractivity contribution is 5.96. The number of carbonyl (C=O) groups excluding carboxylic acids is 2. The van der Waals surface area contributed by atoms with Crippen LogP contribution in [0.5, 0.6) is 0 Å². The molecule has 1 aliphatic rings. The van der Waals surface area contributed by atoms with E-state index in [0.717, 1.165) is 36.9 Å². The van der Waals surface area contributed by atoms with Gasteiger partial charge in [0, 0.05) is 25.5 Å². The minimum Gasteiger partial charge on any atom is -0.452 e. The molecule has 0 aliphatic heterocycles. The van der Waals surface area contributed by atoms with Gasteiger partial charge in [0.05, 0.1) is 5.41 Å². The van der Waals surface area contributed by atoms with Crippen molar-refractivity contribution in [2.75, 3.05) is 24.3 Å². The fourth-order valence-electron chi connectivity index (χ4n) is 3.76. The topological polar surface area (TPSA) is 58.6 Å². The van der Waals surface area contributed by atoms with Crippen molar-refractivity contribution < 1.29 is 14.3 Å². The first-order chi connectivity index (χ1) is 13.4. The first-order valence-electron chi connectivity index (χ1n) is 9.77. The average Bonchev–Trinajstić information content (AvgIpc) is 3.20. The van der Waals surface area contributed by atoms with Crippen molar-refractivity contribution >= 4 is 23.3 Å². The maximum Gasteiger partial charge on any atom is 0.317 e. The zero-order chi connectivity index (χ0) is 20.1. The number of hydrogen-bond acceptors (Lipinski definition) is 4. The van der Waals surface area contributed by atoms with E-state index in [1.165, 1.54) is 0 Å². The van der Waals surface area contributed by atoms with Gasteiger partial charge in [0.25, 0.3) is 5.91 Å². The summed E-state index contributed by atoms with van der Waals surface area (Å²) in [6, 6.07) is 17.3. The van der Waals surface area contributed by atoms with Crippen LogP contribution < -0.4 is 10.2 Å².